The van der Waals surface area contributed by atoms with E-state index in [0.717, 1.165) is 18.9 Å². The van der Waals surface area contributed by atoms with Crippen LogP contribution in [-0.4, -0.2) is 20.0 Å². The van der Waals surface area contributed by atoms with Crippen molar-refractivity contribution in [1.29, 1.82) is 0 Å². The van der Waals surface area contributed by atoms with Gasteiger partial charge in [-0.25, -0.2) is 0 Å². The van der Waals surface area contributed by atoms with Crippen molar-refractivity contribution >= 4 is 40.1 Å². The standard InChI is InChI=1S/C16H13IO3S/c1-19-11-7-13(20-2)16-12(18)5-9-3-4-10(17)6-14(9)21-15(16)8-11/h3-4,6-8H,5H2,1-2H3. The highest BCUT2D eigenvalue weighted by Crippen LogP contribution is 2.43. The molecule has 0 aromatic heterocycles. The van der Waals surface area contributed by atoms with Gasteiger partial charge in [-0.15, -0.1) is 0 Å². The van der Waals surface area contributed by atoms with Crippen LogP contribution in [0.15, 0.2) is 40.1 Å². The second kappa shape index (κ2) is 5.88. The summed E-state index contributed by atoms with van der Waals surface area (Å²) in [4.78, 5) is 14.6. The van der Waals surface area contributed by atoms with Crippen LogP contribution in [0.5, 0.6) is 11.5 Å². The Balaban J connectivity index is 2.20. The van der Waals surface area contributed by atoms with E-state index in [2.05, 4.69) is 28.7 Å². The molecule has 5 heteroatoms. The lowest BCUT2D eigenvalue weighted by molar-refractivity contribution is 0.0987. The zero-order chi connectivity index (χ0) is 15.0. The van der Waals surface area contributed by atoms with E-state index in [1.807, 2.05) is 18.2 Å². The molecule has 1 heterocycles. The van der Waals surface area contributed by atoms with Gasteiger partial charge in [-0.05, 0) is 46.4 Å². The van der Waals surface area contributed by atoms with Crippen LogP contribution in [0.3, 0.4) is 0 Å². The Morgan fingerprint density at radius 3 is 2.62 bits per heavy atom. The van der Waals surface area contributed by atoms with Crippen LogP contribution in [0.1, 0.15) is 15.9 Å². The van der Waals surface area contributed by atoms with Crippen LogP contribution in [0.25, 0.3) is 0 Å². The molecule has 1 aliphatic heterocycles. The molecule has 2 aromatic rings. The molecule has 0 aliphatic carbocycles. The van der Waals surface area contributed by atoms with Gasteiger partial charge in [-0.3, -0.25) is 4.79 Å². The van der Waals surface area contributed by atoms with Gasteiger partial charge in [0.1, 0.15) is 11.5 Å². The van der Waals surface area contributed by atoms with E-state index in [0.29, 0.717) is 23.5 Å². The minimum atomic E-state index is 0.0805. The number of Topliss-reactive ketones (excluding diaryl/α,β-unsaturated/α-hetero) is 1. The van der Waals surface area contributed by atoms with E-state index in [1.54, 1.807) is 32.0 Å². The fourth-order valence-corrected chi connectivity index (χ4v) is 4.24. The summed E-state index contributed by atoms with van der Waals surface area (Å²) >= 11 is 3.88. The number of carbonyl (C=O) groups is 1. The molecule has 0 unspecified atom stereocenters. The molecule has 0 amide bonds. The number of carbonyl (C=O) groups excluding carboxylic acids is 1. The molecular weight excluding hydrogens is 399 g/mol. The van der Waals surface area contributed by atoms with Crippen LogP contribution >= 0.6 is 34.4 Å². The van der Waals surface area contributed by atoms with Crippen molar-refractivity contribution in [2.75, 3.05) is 14.2 Å². The summed E-state index contributed by atoms with van der Waals surface area (Å²) in [6, 6.07) is 9.82. The summed E-state index contributed by atoms with van der Waals surface area (Å²) in [5, 5.41) is 0. The third-order valence-corrected chi connectivity index (χ3v) is 5.19. The summed E-state index contributed by atoms with van der Waals surface area (Å²) in [6.07, 6.45) is 0.398. The first-order valence-corrected chi connectivity index (χ1v) is 8.27. The van der Waals surface area contributed by atoms with Gasteiger partial charge in [-0.2, -0.15) is 0 Å². The van der Waals surface area contributed by atoms with E-state index in [-0.39, 0.29) is 5.78 Å². The fourth-order valence-electron chi connectivity index (χ4n) is 2.35. The van der Waals surface area contributed by atoms with Crippen LogP contribution in [0.4, 0.5) is 0 Å². The van der Waals surface area contributed by atoms with Crippen molar-refractivity contribution in [2.24, 2.45) is 0 Å². The Bertz CT molecular complexity index is 728. The van der Waals surface area contributed by atoms with Gasteiger partial charge in [0.15, 0.2) is 5.78 Å². The molecule has 0 atom stereocenters. The van der Waals surface area contributed by atoms with Gasteiger partial charge in [0.2, 0.25) is 0 Å². The lowest BCUT2D eigenvalue weighted by Crippen LogP contribution is -2.06. The predicted octanol–water partition coefficient (Wildman–Crippen LogP) is 4.20. The molecule has 3 nitrogen and oxygen atoms in total. The van der Waals surface area contributed by atoms with Gasteiger partial charge in [0.05, 0.1) is 19.8 Å². The average molecular weight is 412 g/mol. The van der Waals surface area contributed by atoms with E-state index >= 15 is 0 Å². The number of halogens is 1. The van der Waals surface area contributed by atoms with E-state index < -0.39 is 0 Å². The maximum atomic E-state index is 12.6. The van der Waals surface area contributed by atoms with E-state index in [1.165, 1.54) is 0 Å². The predicted molar refractivity (Wildman–Crippen MR) is 90.9 cm³/mol. The summed E-state index contributed by atoms with van der Waals surface area (Å²) in [5.41, 5.74) is 1.71. The largest absolute Gasteiger partial charge is 0.497 e. The first kappa shape index (κ1) is 14.7. The van der Waals surface area contributed by atoms with Crippen molar-refractivity contribution in [3.8, 4) is 11.5 Å². The zero-order valence-corrected chi connectivity index (χ0v) is 14.6. The maximum Gasteiger partial charge on any atom is 0.172 e. The molecule has 2 aromatic carbocycles. The van der Waals surface area contributed by atoms with Crippen LogP contribution in [-0.2, 0) is 6.42 Å². The molecule has 108 valence electrons. The Hall–Kier alpha value is -1.21. The SMILES string of the molecule is COc1cc(OC)c2c(c1)Sc1cc(I)ccc1CC2=O. The smallest absolute Gasteiger partial charge is 0.172 e. The highest BCUT2D eigenvalue weighted by molar-refractivity contribution is 14.1. The lowest BCUT2D eigenvalue weighted by atomic mass is 10.0. The molecule has 0 fully saturated rings. The number of ketones is 1. The summed E-state index contributed by atoms with van der Waals surface area (Å²) < 4.78 is 11.8. The van der Waals surface area contributed by atoms with Crippen LogP contribution in [0, 0.1) is 3.57 Å². The number of fused-ring (bicyclic) bond motifs is 2. The van der Waals surface area contributed by atoms with Crippen LogP contribution < -0.4 is 9.47 Å². The van der Waals surface area contributed by atoms with E-state index in [9.17, 15) is 4.79 Å². The Labute approximate surface area is 141 Å². The maximum absolute atomic E-state index is 12.6. The normalized spacial score (nSPS) is 13.2. The number of methoxy groups -OCH3 is 2. The number of hydrogen-bond donors (Lipinski definition) is 0. The number of ether oxygens (including phenoxy) is 2. The minimum absolute atomic E-state index is 0.0805. The van der Waals surface area contributed by atoms with Crippen molar-refractivity contribution in [2.45, 2.75) is 16.2 Å². The first-order valence-electron chi connectivity index (χ1n) is 6.38. The molecule has 0 saturated carbocycles. The van der Waals surface area contributed by atoms with Crippen molar-refractivity contribution in [3.05, 3.63) is 45.0 Å². The molecule has 0 radical (unpaired) electrons. The molecule has 21 heavy (non-hydrogen) atoms. The number of hydrogen-bond acceptors (Lipinski definition) is 4. The summed E-state index contributed by atoms with van der Waals surface area (Å²) in [5.74, 6) is 1.35. The Morgan fingerprint density at radius 2 is 1.90 bits per heavy atom. The van der Waals surface area contributed by atoms with Crippen LogP contribution in [0.2, 0.25) is 0 Å². The van der Waals surface area contributed by atoms with Gasteiger partial charge in [0, 0.05) is 25.8 Å². The second-order valence-electron chi connectivity index (χ2n) is 4.66. The monoisotopic (exact) mass is 412 g/mol. The third kappa shape index (κ3) is 2.76. The van der Waals surface area contributed by atoms with Crippen molar-refractivity contribution in [1.82, 2.24) is 0 Å². The van der Waals surface area contributed by atoms with Crippen molar-refractivity contribution in [3.63, 3.8) is 0 Å². The number of rotatable bonds is 2. The highest BCUT2D eigenvalue weighted by Gasteiger charge is 2.25. The summed E-state index contributed by atoms with van der Waals surface area (Å²) in [6.45, 7) is 0. The molecule has 0 saturated heterocycles. The van der Waals surface area contributed by atoms with Gasteiger partial charge < -0.3 is 9.47 Å². The highest BCUT2D eigenvalue weighted by atomic mass is 127. The molecule has 3 rings (SSSR count). The molecule has 1 aliphatic rings. The zero-order valence-electron chi connectivity index (χ0n) is 11.6. The second-order valence-corrected chi connectivity index (χ2v) is 6.99. The third-order valence-electron chi connectivity index (χ3n) is 3.37. The van der Waals surface area contributed by atoms with Crippen molar-refractivity contribution < 1.29 is 14.3 Å². The Morgan fingerprint density at radius 1 is 1.10 bits per heavy atom. The van der Waals surface area contributed by atoms with Gasteiger partial charge >= 0.3 is 0 Å². The minimum Gasteiger partial charge on any atom is -0.497 e. The fraction of sp³-hybridized carbons (Fsp3) is 0.188. The van der Waals surface area contributed by atoms with E-state index in [4.69, 9.17) is 9.47 Å². The topological polar surface area (TPSA) is 35.5 Å². The van der Waals surface area contributed by atoms with Gasteiger partial charge in [0.25, 0.3) is 0 Å². The molecule has 0 spiro atoms. The molecular formula is C16H13IO3S. The Kier molecular flexibility index (Phi) is 4.12. The first-order chi connectivity index (χ1) is 10.1. The summed E-state index contributed by atoms with van der Waals surface area (Å²) in [7, 11) is 3.19. The quantitative estimate of drug-likeness (QED) is 0.693. The lowest BCUT2D eigenvalue weighted by Gasteiger charge is -2.12. The molecule has 0 bridgehead atoms. The molecule has 0 N–H and O–H groups in total. The van der Waals surface area contributed by atoms with Gasteiger partial charge in [-0.1, -0.05) is 17.8 Å². The number of benzene rings is 2. The average Bonchev–Trinajstić information content (AvgIpc) is 2.61.